The quantitative estimate of drug-likeness (QED) is 0.841. The van der Waals surface area contributed by atoms with Gasteiger partial charge in [-0.2, -0.15) is 0 Å². The molecule has 0 radical (unpaired) electrons. The number of carbonyl (C=O) groups excluding carboxylic acids is 1. The fourth-order valence-corrected chi connectivity index (χ4v) is 2.70. The topological polar surface area (TPSA) is 54.4 Å². The van der Waals surface area contributed by atoms with Crippen molar-refractivity contribution >= 4 is 11.8 Å². The third-order valence-electron chi connectivity index (χ3n) is 4.02. The van der Waals surface area contributed by atoms with Gasteiger partial charge in [-0.05, 0) is 31.4 Å². The Morgan fingerprint density at radius 3 is 2.53 bits per heavy atom. The van der Waals surface area contributed by atoms with Gasteiger partial charge in [-0.3, -0.25) is 9.59 Å². The van der Waals surface area contributed by atoms with Crippen LogP contribution in [0.15, 0.2) is 24.3 Å². The van der Waals surface area contributed by atoms with Gasteiger partial charge in [-0.15, -0.1) is 0 Å². The molecule has 1 aromatic carbocycles. The Hall–Kier alpha value is -1.64. The molecule has 1 N–H and O–H groups in total. The van der Waals surface area contributed by atoms with Crippen LogP contribution in [0.25, 0.3) is 0 Å². The molecule has 0 heterocycles. The van der Waals surface area contributed by atoms with E-state index in [4.69, 9.17) is 5.11 Å². The number of benzene rings is 1. The zero-order chi connectivity index (χ0) is 13.8. The van der Waals surface area contributed by atoms with Crippen molar-refractivity contribution in [3.63, 3.8) is 0 Å². The van der Waals surface area contributed by atoms with Crippen molar-refractivity contribution in [3.8, 4) is 0 Å². The molecule has 1 atom stereocenters. The number of Topliss-reactive ketones (excluding diaryl/α,β-unsaturated/α-hetero) is 1. The lowest BCUT2D eigenvalue weighted by molar-refractivity contribution is -0.138. The van der Waals surface area contributed by atoms with Gasteiger partial charge in [-0.25, -0.2) is 0 Å². The smallest absolute Gasteiger partial charge is 0.310 e. The van der Waals surface area contributed by atoms with E-state index < -0.39 is 11.9 Å². The Kier molecular flexibility index (Phi) is 4.35. The van der Waals surface area contributed by atoms with Crippen molar-refractivity contribution in [1.82, 2.24) is 0 Å². The highest BCUT2D eigenvalue weighted by Crippen LogP contribution is 2.27. The van der Waals surface area contributed by atoms with E-state index in [2.05, 4.69) is 0 Å². The van der Waals surface area contributed by atoms with Crippen LogP contribution in [-0.2, 0) is 4.79 Å². The van der Waals surface area contributed by atoms with Crippen molar-refractivity contribution in [2.45, 2.75) is 44.9 Å². The zero-order valence-corrected chi connectivity index (χ0v) is 11.3. The molecule has 0 unspecified atom stereocenters. The number of rotatable bonds is 4. The van der Waals surface area contributed by atoms with Crippen LogP contribution in [0.2, 0.25) is 0 Å². The zero-order valence-electron chi connectivity index (χ0n) is 11.3. The van der Waals surface area contributed by atoms with Gasteiger partial charge in [0.15, 0.2) is 5.78 Å². The molecule has 102 valence electrons. The van der Waals surface area contributed by atoms with E-state index in [1.807, 2.05) is 0 Å². The monoisotopic (exact) mass is 260 g/mol. The third-order valence-corrected chi connectivity index (χ3v) is 4.02. The lowest BCUT2D eigenvalue weighted by Gasteiger charge is -2.20. The summed E-state index contributed by atoms with van der Waals surface area (Å²) in [6.45, 7) is 1.65. The van der Waals surface area contributed by atoms with E-state index in [1.165, 1.54) is 6.42 Å². The minimum atomic E-state index is -0.859. The van der Waals surface area contributed by atoms with E-state index in [1.54, 1.807) is 31.2 Å². The van der Waals surface area contributed by atoms with E-state index in [9.17, 15) is 9.59 Å². The lowest BCUT2D eigenvalue weighted by Crippen LogP contribution is -2.18. The number of carboxylic acids is 1. The average molecular weight is 260 g/mol. The molecule has 3 nitrogen and oxygen atoms in total. The van der Waals surface area contributed by atoms with Crippen LogP contribution in [0.1, 0.15) is 60.9 Å². The number of carboxylic acid groups (broad SMARTS) is 1. The molecule has 0 aliphatic heterocycles. The van der Waals surface area contributed by atoms with Crippen LogP contribution in [-0.4, -0.2) is 16.9 Å². The molecule has 0 aromatic heterocycles. The van der Waals surface area contributed by atoms with Crippen LogP contribution < -0.4 is 0 Å². The van der Waals surface area contributed by atoms with Crippen LogP contribution in [0.5, 0.6) is 0 Å². The molecule has 1 fully saturated rings. The Morgan fingerprint density at radius 2 is 1.89 bits per heavy atom. The van der Waals surface area contributed by atoms with Crippen molar-refractivity contribution in [1.29, 1.82) is 0 Å². The summed E-state index contributed by atoms with van der Waals surface area (Å²) in [5.41, 5.74) is 1.37. The predicted molar refractivity (Wildman–Crippen MR) is 73.4 cm³/mol. The Labute approximate surface area is 113 Å². The first kappa shape index (κ1) is 13.8. The third kappa shape index (κ3) is 3.22. The first-order valence-electron chi connectivity index (χ1n) is 6.96. The lowest BCUT2D eigenvalue weighted by atomic mass is 9.83. The molecular weight excluding hydrogens is 240 g/mol. The van der Waals surface area contributed by atoms with E-state index in [0.29, 0.717) is 11.1 Å². The van der Waals surface area contributed by atoms with Crippen molar-refractivity contribution in [2.24, 2.45) is 5.92 Å². The summed E-state index contributed by atoms with van der Waals surface area (Å²) >= 11 is 0. The summed E-state index contributed by atoms with van der Waals surface area (Å²) in [5, 5.41) is 9.03. The normalized spacial score (nSPS) is 17.9. The average Bonchev–Trinajstić information content (AvgIpc) is 2.46. The van der Waals surface area contributed by atoms with Crippen molar-refractivity contribution in [3.05, 3.63) is 35.4 Å². The van der Waals surface area contributed by atoms with Gasteiger partial charge < -0.3 is 5.11 Å². The van der Waals surface area contributed by atoms with Gasteiger partial charge in [0.25, 0.3) is 0 Å². The summed E-state index contributed by atoms with van der Waals surface area (Å²) in [6, 6.07) is 7.10. The first-order chi connectivity index (χ1) is 9.09. The molecule has 2 rings (SSSR count). The number of aliphatic carboxylic acids is 1. The summed E-state index contributed by atoms with van der Waals surface area (Å²) in [6.07, 6.45) is 5.41. The SMILES string of the molecule is C[C@H](C(=O)O)c1cccc(C(=O)C2CCCCC2)c1. The molecular formula is C16H20O3. The number of hydrogen-bond donors (Lipinski definition) is 1. The fourth-order valence-electron chi connectivity index (χ4n) is 2.70. The van der Waals surface area contributed by atoms with Gasteiger partial charge in [0.2, 0.25) is 0 Å². The molecule has 1 aliphatic rings. The second-order valence-electron chi connectivity index (χ2n) is 5.38. The number of hydrogen-bond acceptors (Lipinski definition) is 2. The number of carbonyl (C=O) groups is 2. The van der Waals surface area contributed by atoms with Gasteiger partial charge in [0.05, 0.1) is 5.92 Å². The standard InChI is InChI=1S/C16H20O3/c1-11(16(18)19)13-8-5-9-14(10-13)15(17)12-6-3-2-4-7-12/h5,8-12H,2-4,6-7H2,1H3,(H,18,19)/t11-/m0/s1. The summed E-state index contributed by atoms with van der Waals surface area (Å²) in [7, 11) is 0. The maximum absolute atomic E-state index is 12.4. The molecule has 1 aromatic rings. The molecule has 19 heavy (non-hydrogen) atoms. The molecule has 0 spiro atoms. The minimum absolute atomic E-state index is 0.129. The van der Waals surface area contributed by atoms with Crippen LogP contribution in [0, 0.1) is 5.92 Å². The Balaban J connectivity index is 2.18. The minimum Gasteiger partial charge on any atom is -0.481 e. The Bertz CT molecular complexity index is 473. The molecule has 3 heteroatoms. The second kappa shape index (κ2) is 6.00. The van der Waals surface area contributed by atoms with E-state index in [0.717, 1.165) is 25.7 Å². The molecule has 1 aliphatic carbocycles. The largest absolute Gasteiger partial charge is 0.481 e. The summed E-state index contributed by atoms with van der Waals surface area (Å²) in [5.74, 6) is -1.12. The maximum Gasteiger partial charge on any atom is 0.310 e. The highest BCUT2D eigenvalue weighted by molar-refractivity contribution is 5.98. The molecule has 0 amide bonds. The fraction of sp³-hybridized carbons (Fsp3) is 0.500. The van der Waals surface area contributed by atoms with Gasteiger partial charge in [0.1, 0.15) is 0 Å². The van der Waals surface area contributed by atoms with Gasteiger partial charge in [0, 0.05) is 11.5 Å². The summed E-state index contributed by atoms with van der Waals surface area (Å²) in [4.78, 5) is 23.4. The van der Waals surface area contributed by atoms with Crippen LogP contribution in [0.4, 0.5) is 0 Å². The Morgan fingerprint density at radius 1 is 1.21 bits per heavy atom. The van der Waals surface area contributed by atoms with E-state index in [-0.39, 0.29) is 11.7 Å². The van der Waals surface area contributed by atoms with Gasteiger partial charge in [-0.1, -0.05) is 37.5 Å². The highest BCUT2D eigenvalue weighted by Gasteiger charge is 2.23. The van der Waals surface area contributed by atoms with Gasteiger partial charge >= 0.3 is 5.97 Å². The summed E-state index contributed by atoms with van der Waals surface area (Å²) < 4.78 is 0. The van der Waals surface area contributed by atoms with Crippen molar-refractivity contribution in [2.75, 3.05) is 0 Å². The highest BCUT2D eigenvalue weighted by atomic mass is 16.4. The predicted octanol–water partition coefficient (Wildman–Crippen LogP) is 3.64. The van der Waals surface area contributed by atoms with Crippen molar-refractivity contribution < 1.29 is 14.7 Å². The molecule has 0 bridgehead atoms. The first-order valence-corrected chi connectivity index (χ1v) is 6.96. The molecule has 0 saturated heterocycles. The van der Waals surface area contributed by atoms with E-state index >= 15 is 0 Å². The molecule has 1 saturated carbocycles. The maximum atomic E-state index is 12.4. The van der Waals surface area contributed by atoms with Crippen LogP contribution in [0.3, 0.4) is 0 Å². The van der Waals surface area contributed by atoms with Crippen LogP contribution >= 0.6 is 0 Å². The number of ketones is 1. The second-order valence-corrected chi connectivity index (χ2v) is 5.38.